The fourth-order valence-corrected chi connectivity index (χ4v) is 3.86. The summed E-state index contributed by atoms with van der Waals surface area (Å²) in [6.07, 6.45) is 3.23. The molecule has 32 heavy (non-hydrogen) atoms. The number of benzene rings is 2. The summed E-state index contributed by atoms with van der Waals surface area (Å²) in [6, 6.07) is 15.8. The molecule has 10 heteroatoms. The van der Waals surface area contributed by atoms with Gasteiger partial charge in [0.15, 0.2) is 0 Å². The summed E-state index contributed by atoms with van der Waals surface area (Å²) in [4.78, 5) is 27.4. The molecule has 0 saturated carbocycles. The van der Waals surface area contributed by atoms with Gasteiger partial charge in [-0.15, -0.1) is 0 Å². The molecule has 1 heterocycles. The fourth-order valence-electron chi connectivity index (χ4n) is 2.73. The number of amides is 2. The number of likely N-dealkylation sites (N-methyl/N-ethyl adjacent to an activating group) is 1. The summed E-state index contributed by atoms with van der Waals surface area (Å²) in [6.45, 7) is 0.990. The van der Waals surface area contributed by atoms with Gasteiger partial charge in [-0.25, -0.2) is 8.42 Å². The van der Waals surface area contributed by atoms with Gasteiger partial charge in [-0.1, -0.05) is 0 Å². The Morgan fingerprint density at radius 1 is 0.875 bits per heavy atom. The van der Waals surface area contributed by atoms with Gasteiger partial charge in [0.05, 0.1) is 11.4 Å². The lowest BCUT2D eigenvalue weighted by Gasteiger charge is -2.17. The van der Waals surface area contributed by atoms with Crippen LogP contribution in [0.25, 0.3) is 0 Å². The number of carbonyl (C=O) groups is 2. The molecule has 0 spiro atoms. The van der Waals surface area contributed by atoms with Crippen LogP contribution >= 0.6 is 0 Å². The van der Waals surface area contributed by atoms with Crippen LogP contribution in [0.1, 0.15) is 6.92 Å². The van der Waals surface area contributed by atoms with Gasteiger partial charge >= 0.3 is 0 Å². The summed E-state index contributed by atoms with van der Waals surface area (Å²) in [5.41, 5.74) is 0.982. The van der Waals surface area contributed by atoms with Crippen LogP contribution in [0.15, 0.2) is 78.0 Å². The van der Waals surface area contributed by atoms with Crippen molar-refractivity contribution >= 4 is 33.2 Å². The van der Waals surface area contributed by atoms with Crippen molar-refractivity contribution in [2.75, 3.05) is 24.2 Å². The van der Waals surface area contributed by atoms with Crippen molar-refractivity contribution in [2.45, 2.75) is 11.8 Å². The van der Waals surface area contributed by atoms with E-state index in [4.69, 9.17) is 4.74 Å². The molecule has 0 atom stereocenters. The molecule has 0 fully saturated rings. The van der Waals surface area contributed by atoms with E-state index in [0.29, 0.717) is 22.9 Å². The number of rotatable bonds is 8. The lowest BCUT2D eigenvalue weighted by atomic mass is 10.3. The van der Waals surface area contributed by atoms with E-state index in [0.717, 1.165) is 4.31 Å². The maximum Gasteiger partial charge on any atom is 0.243 e. The second-order valence-corrected chi connectivity index (χ2v) is 8.87. The van der Waals surface area contributed by atoms with Gasteiger partial charge in [0, 0.05) is 37.7 Å². The third-order valence-electron chi connectivity index (χ3n) is 4.27. The maximum absolute atomic E-state index is 12.7. The second kappa shape index (κ2) is 10.0. The maximum atomic E-state index is 12.7. The number of pyridine rings is 1. The first-order chi connectivity index (χ1) is 15.2. The van der Waals surface area contributed by atoms with E-state index < -0.39 is 15.9 Å². The van der Waals surface area contributed by atoms with Gasteiger partial charge in [0.25, 0.3) is 0 Å². The molecule has 0 aliphatic heterocycles. The predicted molar refractivity (Wildman–Crippen MR) is 120 cm³/mol. The zero-order valence-electron chi connectivity index (χ0n) is 17.5. The summed E-state index contributed by atoms with van der Waals surface area (Å²) >= 11 is 0. The topological polar surface area (TPSA) is 118 Å². The quantitative estimate of drug-likeness (QED) is 0.540. The number of ether oxygens (including phenoxy) is 1. The van der Waals surface area contributed by atoms with E-state index in [1.54, 1.807) is 48.8 Å². The summed E-state index contributed by atoms with van der Waals surface area (Å²) in [7, 11) is -2.56. The number of nitrogens with one attached hydrogen (secondary N) is 2. The lowest BCUT2D eigenvalue weighted by molar-refractivity contribution is -0.116. The van der Waals surface area contributed by atoms with Crippen LogP contribution in [-0.2, 0) is 19.6 Å². The van der Waals surface area contributed by atoms with Crippen molar-refractivity contribution in [3.8, 4) is 11.5 Å². The lowest BCUT2D eigenvalue weighted by Crippen LogP contribution is -2.34. The van der Waals surface area contributed by atoms with E-state index in [1.165, 1.54) is 38.2 Å². The normalized spacial score (nSPS) is 11.1. The molecule has 2 aromatic carbocycles. The van der Waals surface area contributed by atoms with Crippen molar-refractivity contribution in [2.24, 2.45) is 0 Å². The Hall–Kier alpha value is -3.76. The summed E-state index contributed by atoms with van der Waals surface area (Å²) < 4.78 is 32.0. The molecule has 3 rings (SSSR count). The van der Waals surface area contributed by atoms with Crippen LogP contribution in [0.3, 0.4) is 0 Å². The summed E-state index contributed by atoms with van der Waals surface area (Å²) in [5, 5.41) is 5.23. The van der Waals surface area contributed by atoms with Gasteiger partial charge in [-0.05, 0) is 60.7 Å². The molecule has 0 saturated heterocycles. The van der Waals surface area contributed by atoms with Crippen molar-refractivity contribution in [1.82, 2.24) is 9.29 Å². The Labute approximate surface area is 186 Å². The molecular formula is C22H22N4O5S. The van der Waals surface area contributed by atoms with Gasteiger partial charge in [0.2, 0.25) is 21.8 Å². The van der Waals surface area contributed by atoms with E-state index >= 15 is 0 Å². The molecule has 0 aliphatic rings. The number of anilines is 2. The van der Waals surface area contributed by atoms with E-state index in [9.17, 15) is 18.0 Å². The number of nitrogens with zero attached hydrogens (tertiary/aromatic N) is 2. The molecule has 9 nitrogen and oxygen atoms in total. The first-order valence-corrected chi connectivity index (χ1v) is 11.0. The Morgan fingerprint density at radius 2 is 1.41 bits per heavy atom. The summed E-state index contributed by atoms with van der Waals surface area (Å²) in [5.74, 6) is 0.463. The van der Waals surface area contributed by atoms with E-state index in [2.05, 4.69) is 15.6 Å². The van der Waals surface area contributed by atoms with Gasteiger partial charge in [-0.2, -0.15) is 4.31 Å². The highest BCUT2D eigenvalue weighted by Gasteiger charge is 2.23. The first-order valence-electron chi connectivity index (χ1n) is 9.56. The fraction of sp³-hybridized carbons (Fsp3) is 0.136. The zero-order valence-corrected chi connectivity index (χ0v) is 18.3. The van der Waals surface area contributed by atoms with Gasteiger partial charge in [0.1, 0.15) is 11.5 Å². The van der Waals surface area contributed by atoms with Crippen LogP contribution in [-0.4, -0.2) is 43.1 Å². The van der Waals surface area contributed by atoms with Gasteiger partial charge in [-0.3, -0.25) is 14.6 Å². The second-order valence-electron chi connectivity index (χ2n) is 6.82. The van der Waals surface area contributed by atoms with Crippen LogP contribution in [0.4, 0.5) is 11.4 Å². The SMILES string of the molecule is CC(=O)Nc1ccc(S(=O)(=O)N(C)CC(=O)Nc2ccc(Oc3ccncc3)cc2)cc1. The molecule has 2 N–H and O–H groups in total. The van der Waals surface area contributed by atoms with Crippen LogP contribution in [0.5, 0.6) is 11.5 Å². The number of sulfonamides is 1. The molecule has 0 aliphatic carbocycles. The standard InChI is InChI=1S/C22H22N4O5S/c1-16(27)24-17-5-9-21(10-6-17)32(29,30)26(2)15-22(28)25-18-3-7-19(8-4-18)31-20-11-13-23-14-12-20/h3-14H,15H2,1-2H3,(H,24,27)(H,25,28). The number of hydrogen-bond donors (Lipinski definition) is 2. The highest BCUT2D eigenvalue weighted by molar-refractivity contribution is 7.89. The number of carbonyl (C=O) groups excluding carboxylic acids is 2. The van der Waals surface area contributed by atoms with Crippen LogP contribution in [0.2, 0.25) is 0 Å². The Bertz CT molecular complexity index is 1180. The number of hydrogen-bond acceptors (Lipinski definition) is 6. The van der Waals surface area contributed by atoms with E-state index in [-0.39, 0.29) is 17.3 Å². The minimum atomic E-state index is -3.88. The molecule has 0 unspecified atom stereocenters. The van der Waals surface area contributed by atoms with Gasteiger partial charge < -0.3 is 15.4 Å². The largest absolute Gasteiger partial charge is 0.457 e. The average molecular weight is 455 g/mol. The van der Waals surface area contributed by atoms with Crippen LogP contribution < -0.4 is 15.4 Å². The highest BCUT2D eigenvalue weighted by Crippen LogP contribution is 2.22. The molecule has 0 radical (unpaired) electrons. The zero-order chi connectivity index (χ0) is 23.1. The first kappa shape index (κ1) is 22.9. The van der Waals surface area contributed by atoms with Crippen molar-refractivity contribution in [3.63, 3.8) is 0 Å². The molecule has 2 amide bonds. The Kier molecular flexibility index (Phi) is 7.18. The minimum absolute atomic E-state index is 0.0134. The van der Waals surface area contributed by atoms with Crippen molar-refractivity contribution in [3.05, 3.63) is 73.1 Å². The van der Waals surface area contributed by atoms with E-state index in [1.807, 2.05) is 0 Å². The Morgan fingerprint density at radius 3 is 2.00 bits per heavy atom. The molecule has 166 valence electrons. The van der Waals surface area contributed by atoms with Crippen LogP contribution in [0, 0.1) is 0 Å². The molecular weight excluding hydrogens is 432 g/mol. The third-order valence-corrected chi connectivity index (χ3v) is 6.09. The number of aromatic nitrogens is 1. The van der Waals surface area contributed by atoms with Crippen molar-refractivity contribution < 1.29 is 22.7 Å². The molecule has 1 aromatic heterocycles. The third kappa shape index (κ3) is 6.13. The highest BCUT2D eigenvalue weighted by atomic mass is 32.2. The smallest absolute Gasteiger partial charge is 0.243 e. The molecule has 0 bridgehead atoms. The minimum Gasteiger partial charge on any atom is -0.457 e. The Balaban J connectivity index is 1.58. The molecule has 3 aromatic rings. The predicted octanol–water partition coefficient (Wildman–Crippen LogP) is 3.09. The van der Waals surface area contributed by atoms with Crippen molar-refractivity contribution in [1.29, 1.82) is 0 Å². The average Bonchev–Trinajstić information content (AvgIpc) is 2.76. The monoisotopic (exact) mass is 454 g/mol.